The van der Waals surface area contributed by atoms with E-state index in [0.29, 0.717) is 17.8 Å². The van der Waals surface area contributed by atoms with Crippen LogP contribution in [0.15, 0.2) is 66.9 Å². The number of aromatic nitrogens is 1. The predicted octanol–water partition coefficient (Wildman–Crippen LogP) is 6.83. The number of amides is 2. The van der Waals surface area contributed by atoms with Crippen LogP contribution in [0.5, 0.6) is 0 Å². The highest BCUT2D eigenvalue weighted by Gasteiger charge is 2.36. The average molecular weight is 476 g/mol. The van der Waals surface area contributed by atoms with E-state index in [1.54, 1.807) is 34.4 Å². The van der Waals surface area contributed by atoms with Crippen LogP contribution in [0.25, 0.3) is 5.00 Å². The Morgan fingerprint density at radius 3 is 2.59 bits per heavy atom. The molecule has 1 atom stereocenters. The van der Waals surface area contributed by atoms with Gasteiger partial charge in [-0.3, -0.25) is 0 Å². The average Bonchev–Trinajstić information content (AvgIpc) is 3.42. The van der Waals surface area contributed by atoms with E-state index in [-0.39, 0.29) is 17.7 Å². The number of aryl methyl sites for hydroxylation is 1. The number of hydrogen-bond donors (Lipinski definition) is 1. The molecule has 2 amide bonds. The van der Waals surface area contributed by atoms with Crippen molar-refractivity contribution in [1.82, 2.24) is 9.47 Å². The van der Waals surface area contributed by atoms with Crippen LogP contribution in [0.3, 0.4) is 0 Å². The van der Waals surface area contributed by atoms with Crippen molar-refractivity contribution in [2.45, 2.75) is 38.3 Å². The minimum Gasteiger partial charge on any atom is -0.310 e. The monoisotopic (exact) mass is 475 g/mol. The molecule has 7 heteroatoms. The fourth-order valence-electron chi connectivity index (χ4n) is 5.14. The maximum Gasteiger partial charge on any atom is 0.322 e. The number of nitrogens with one attached hydrogen (secondary N) is 1. The first-order valence-electron chi connectivity index (χ1n) is 11.5. The molecule has 2 aromatic carbocycles. The van der Waals surface area contributed by atoms with E-state index in [1.807, 2.05) is 24.4 Å². The fraction of sp³-hybridized carbons (Fsp3) is 0.222. The molecule has 0 radical (unpaired) electrons. The normalized spacial score (nSPS) is 16.9. The van der Waals surface area contributed by atoms with Gasteiger partial charge in [-0.2, -0.15) is 0 Å². The van der Waals surface area contributed by atoms with Crippen LogP contribution in [-0.2, 0) is 19.4 Å². The van der Waals surface area contributed by atoms with Crippen LogP contribution in [0.1, 0.15) is 46.1 Å². The molecule has 1 N–H and O–H groups in total. The van der Waals surface area contributed by atoms with Crippen LogP contribution in [0.2, 0.25) is 0 Å². The Labute approximate surface area is 200 Å². The third kappa shape index (κ3) is 3.60. The maximum atomic E-state index is 14.3. The first kappa shape index (κ1) is 21.1. The molecule has 2 aromatic heterocycles. The first-order valence-corrected chi connectivity index (χ1v) is 12.3. The number of halogens is 2. The van der Waals surface area contributed by atoms with Crippen molar-refractivity contribution >= 4 is 23.1 Å². The summed E-state index contributed by atoms with van der Waals surface area (Å²) < 4.78 is 29.9. The Kier molecular flexibility index (Phi) is 5.21. The smallest absolute Gasteiger partial charge is 0.310 e. The molecule has 34 heavy (non-hydrogen) atoms. The predicted molar refractivity (Wildman–Crippen MR) is 129 cm³/mol. The van der Waals surface area contributed by atoms with E-state index in [0.717, 1.165) is 30.0 Å². The first-order chi connectivity index (χ1) is 16.6. The summed E-state index contributed by atoms with van der Waals surface area (Å²) in [6.07, 6.45) is 6.44. The maximum absolute atomic E-state index is 14.3. The Hall–Kier alpha value is -3.45. The molecule has 4 nitrogen and oxygen atoms in total. The summed E-state index contributed by atoms with van der Waals surface area (Å²) in [5.74, 6) is -0.705. The molecule has 1 aliphatic carbocycles. The molecule has 6 rings (SSSR count). The summed E-state index contributed by atoms with van der Waals surface area (Å²) in [6.45, 7) is 0.414. The Bertz CT molecular complexity index is 1380. The number of anilines is 1. The van der Waals surface area contributed by atoms with Gasteiger partial charge in [-0.1, -0.05) is 12.1 Å². The molecular weight excluding hydrogens is 452 g/mol. The molecule has 0 saturated heterocycles. The number of carbonyl (C=O) groups excluding carboxylic acids is 1. The number of benzene rings is 2. The standard InChI is InChI=1S/C27H23F2N3OS/c28-18-10-12-20(13-11-18)30-27(33)32-16-22-21-7-1-2-9-24(21)34-26(22)31-14-4-8-23(31)25(32)17-5-3-6-19(29)15-17/h3-6,8,10-15,25H,1-2,7,9,16H2,(H,30,33)/t25-/m1/s1. The highest BCUT2D eigenvalue weighted by Crippen LogP contribution is 2.44. The minimum atomic E-state index is -0.481. The van der Waals surface area contributed by atoms with Crippen LogP contribution in [-0.4, -0.2) is 15.5 Å². The zero-order valence-electron chi connectivity index (χ0n) is 18.4. The van der Waals surface area contributed by atoms with Crippen molar-refractivity contribution in [2.24, 2.45) is 0 Å². The molecule has 0 bridgehead atoms. The highest BCUT2D eigenvalue weighted by atomic mass is 32.1. The van der Waals surface area contributed by atoms with Gasteiger partial charge in [-0.25, -0.2) is 13.6 Å². The largest absolute Gasteiger partial charge is 0.322 e. The molecule has 0 spiro atoms. The molecule has 0 fully saturated rings. The topological polar surface area (TPSA) is 37.3 Å². The number of urea groups is 1. The van der Waals surface area contributed by atoms with Crippen LogP contribution >= 0.6 is 11.3 Å². The zero-order chi connectivity index (χ0) is 23.2. The Morgan fingerprint density at radius 1 is 0.941 bits per heavy atom. The summed E-state index contributed by atoms with van der Waals surface area (Å²) in [5.41, 5.74) is 4.66. The van der Waals surface area contributed by atoms with E-state index in [9.17, 15) is 13.6 Å². The van der Waals surface area contributed by atoms with Crippen LogP contribution < -0.4 is 5.32 Å². The van der Waals surface area contributed by atoms with Gasteiger partial charge in [0.15, 0.2) is 0 Å². The van der Waals surface area contributed by atoms with Gasteiger partial charge in [-0.15, -0.1) is 11.3 Å². The fourth-order valence-corrected chi connectivity index (χ4v) is 6.55. The van der Waals surface area contributed by atoms with Gasteiger partial charge in [0.25, 0.3) is 0 Å². The lowest BCUT2D eigenvalue weighted by Crippen LogP contribution is -2.38. The van der Waals surface area contributed by atoms with Gasteiger partial charge in [-0.05, 0) is 85.3 Å². The minimum absolute atomic E-state index is 0.308. The zero-order valence-corrected chi connectivity index (χ0v) is 19.2. The van der Waals surface area contributed by atoms with E-state index in [1.165, 1.54) is 46.7 Å². The lowest BCUT2D eigenvalue weighted by molar-refractivity contribution is 0.194. The van der Waals surface area contributed by atoms with Crippen molar-refractivity contribution in [3.05, 3.63) is 106 Å². The number of thiophene rings is 1. The van der Waals surface area contributed by atoms with Gasteiger partial charge in [0.1, 0.15) is 16.6 Å². The number of carbonyl (C=O) groups is 1. The third-order valence-corrected chi connectivity index (χ3v) is 8.03. The number of rotatable bonds is 2. The van der Waals surface area contributed by atoms with Crippen LogP contribution in [0, 0.1) is 11.6 Å². The lowest BCUT2D eigenvalue weighted by atomic mass is 9.95. The summed E-state index contributed by atoms with van der Waals surface area (Å²) in [6, 6.07) is 15.4. The van der Waals surface area contributed by atoms with Crippen molar-refractivity contribution < 1.29 is 13.6 Å². The summed E-state index contributed by atoms with van der Waals surface area (Å²) in [4.78, 5) is 16.9. The van der Waals surface area contributed by atoms with Crippen LogP contribution in [0.4, 0.5) is 19.3 Å². The lowest BCUT2D eigenvalue weighted by Gasteiger charge is -2.31. The van der Waals surface area contributed by atoms with Crippen molar-refractivity contribution in [3.63, 3.8) is 0 Å². The summed E-state index contributed by atoms with van der Waals surface area (Å²) >= 11 is 1.81. The third-order valence-electron chi connectivity index (χ3n) is 6.70. The summed E-state index contributed by atoms with van der Waals surface area (Å²) in [7, 11) is 0. The number of hydrogen-bond acceptors (Lipinski definition) is 2. The van der Waals surface area contributed by atoms with E-state index < -0.39 is 6.04 Å². The van der Waals surface area contributed by atoms with Crippen molar-refractivity contribution in [2.75, 3.05) is 5.32 Å². The van der Waals surface area contributed by atoms with Crippen molar-refractivity contribution in [3.8, 4) is 5.00 Å². The van der Waals surface area contributed by atoms with E-state index in [2.05, 4.69) is 9.88 Å². The number of nitrogens with zero attached hydrogens (tertiary/aromatic N) is 2. The quantitative estimate of drug-likeness (QED) is 0.339. The molecule has 172 valence electrons. The van der Waals surface area contributed by atoms with Gasteiger partial charge < -0.3 is 14.8 Å². The molecule has 2 aliphatic rings. The molecule has 0 unspecified atom stereocenters. The van der Waals surface area contributed by atoms with Gasteiger partial charge in [0.05, 0.1) is 18.3 Å². The second-order valence-corrected chi connectivity index (χ2v) is 9.90. The Balaban J connectivity index is 1.50. The highest BCUT2D eigenvalue weighted by molar-refractivity contribution is 7.15. The van der Waals surface area contributed by atoms with Gasteiger partial charge >= 0.3 is 6.03 Å². The summed E-state index contributed by atoms with van der Waals surface area (Å²) in [5, 5.41) is 4.07. The molecule has 3 heterocycles. The molecule has 1 aliphatic heterocycles. The SMILES string of the molecule is O=C(Nc1ccc(F)cc1)N1Cc2c(sc3c2CCCC3)-n2cccc2[C@H]1c1cccc(F)c1. The second kappa shape index (κ2) is 8.40. The molecular formula is C27H23F2N3OS. The number of fused-ring (bicyclic) bond motifs is 5. The van der Waals surface area contributed by atoms with Gasteiger partial charge in [0.2, 0.25) is 0 Å². The molecule has 0 saturated carbocycles. The second-order valence-electron chi connectivity index (χ2n) is 8.82. The van der Waals surface area contributed by atoms with E-state index in [4.69, 9.17) is 0 Å². The van der Waals surface area contributed by atoms with Gasteiger partial charge in [0, 0.05) is 22.3 Å². The van der Waals surface area contributed by atoms with Crippen molar-refractivity contribution in [1.29, 1.82) is 0 Å². The molecule has 4 aromatic rings. The van der Waals surface area contributed by atoms with E-state index >= 15 is 0 Å². The Morgan fingerprint density at radius 2 is 1.76 bits per heavy atom.